The summed E-state index contributed by atoms with van der Waals surface area (Å²) in [5.41, 5.74) is 1.68. The van der Waals surface area contributed by atoms with E-state index in [2.05, 4.69) is 21.1 Å². The minimum absolute atomic E-state index is 0.100. The molecule has 3 aromatic heterocycles. The van der Waals surface area contributed by atoms with Crippen molar-refractivity contribution in [2.75, 3.05) is 12.3 Å². The lowest BCUT2D eigenvalue weighted by Gasteiger charge is -2.19. The highest BCUT2D eigenvalue weighted by Gasteiger charge is 2.16. The normalized spacial score (nSPS) is 11.0. The number of thiophene rings is 1. The lowest BCUT2D eigenvalue weighted by molar-refractivity contribution is -0.128. The van der Waals surface area contributed by atoms with E-state index >= 15 is 0 Å². The van der Waals surface area contributed by atoms with E-state index in [4.69, 9.17) is 0 Å². The van der Waals surface area contributed by atoms with Gasteiger partial charge in [0.25, 0.3) is 0 Å². The second-order valence-electron chi connectivity index (χ2n) is 6.08. The van der Waals surface area contributed by atoms with Crippen molar-refractivity contribution < 1.29 is 4.79 Å². The first-order chi connectivity index (χ1) is 13.8. The standard InChI is InChI=1S/C20H19N5OS2/c1-2-24(12-16-9-6-10-27-16)18(26)13-28-20-17-11-23-25(19(17)21-14-22-20)15-7-4-3-5-8-15/h3-11,14H,2,12-13H2,1H3. The molecule has 0 unspecified atom stereocenters. The SMILES string of the molecule is CCN(Cc1cccs1)C(=O)CSc1ncnc2c1cnn2-c1ccccc1. The molecule has 0 N–H and O–H groups in total. The number of nitrogens with zero attached hydrogens (tertiary/aromatic N) is 5. The number of thioether (sulfide) groups is 1. The van der Waals surface area contributed by atoms with E-state index in [-0.39, 0.29) is 5.91 Å². The average Bonchev–Trinajstić information content (AvgIpc) is 3.40. The summed E-state index contributed by atoms with van der Waals surface area (Å²) in [7, 11) is 0. The number of carbonyl (C=O) groups excluding carboxylic acids is 1. The molecule has 0 aliphatic heterocycles. The third kappa shape index (κ3) is 3.93. The number of benzene rings is 1. The van der Waals surface area contributed by atoms with Crippen LogP contribution in [-0.4, -0.2) is 42.9 Å². The van der Waals surface area contributed by atoms with Crippen molar-refractivity contribution >= 4 is 40.0 Å². The van der Waals surface area contributed by atoms with Gasteiger partial charge in [0.15, 0.2) is 5.65 Å². The van der Waals surface area contributed by atoms with Crippen LogP contribution in [0.5, 0.6) is 0 Å². The predicted molar refractivity (Wildman–Crippen MR) is 113 cm³/mol. The average molecular weight is 410 g/mol. The molecule has 8 heteroatoms. The molecule has 142 valence electrons. The van der Waals surface area contributed by atoms with Gasteiger partial charge in [-0.1, -0.05) is 36.0 Å². The molecule has 0 atom stereocenters. The zero-order valence-corrected chi connectivity index (χ0v) is 17.0. The van der Waals surface area contributed by atoms with Crippen molar-refractivity contribution in [1.82, 2.24) is 24.6 Å². The first-order valence-electron chi connectivity index (χ1n) is 8.93. The molecule has 0 aliphatic rings. The van der Waals surface area contributed by atoms with Crippen LogP contribution in [0.15, 0.2) is 65.4 Å². The molecule has 0 bridgehead atoms. The molecule has 3 heterocycles. The summed E-state index contributed by atoms with van der Waals surface area (Å²) < 4.78 is 1.79. The zero-order chi connectivity index (χ0) is 19.3. The van der Waals surface area contributed by atoms with Gasteiger partial charge in [-0.15, -0.1) is 11.3 Å². The van der Waals surface area contributed by atoms with Crippen LogP contribution in [0.4, 0.5) is 0 Å². The Morgan fingerprint density at radius 2 is 2.04 bits per heavy atom. The van der Waals surface area contributed by atoms with E-state index < -0.39 is 0 Å². The molecule has 1 amide bonds. The molecule has 0 fully saturated rings. The number of carbonyl (C=O) groups is 1. The Morgan fingerprint density at radius 1 is 1.18 bits per heavy atom. The summed E-state index contributed by atoms with van der Waals surface area (Å²) in [5.74, 6) is 0.435. The minimum atomic E-state index is 0.100. The molecule has 0 aliphatic carbocycles. The quantitative estimate of drug-likeness (QED) is 0.341. The fraction of sp³-hybridized carbons (Fsp3) is 0.200. The molecule has 4 rings (SSSR count). The van der Waals surface area contributed by atoms with Gasteiger partial charge in [-0.2, -0.15) is 5.10 Å². The Balaban J connectivity index is 1.50. The van der Waals surface area contributed by atoms with E-state index in [0.717, 1.165) is 21.7 Å². The predicted octanol–water partition coefficient (Wildman–Crippen LogP) is 4.02. The number of hydrogen-bond donors (Lipinski definition) is 0. The molecule has 0 spiro atoms. The van der Waals surface area contributed by atoms with Crippen LogP contribution >= 0.6 is 23.1 Å². The number of rotatable bonds is 7. The van der Waals surface area contributed by atoms with Gasteiger partial charge in [-0.3, -0.25) is 4.79 Å². The number of aromatic nitrogens is 4. The van der Waals surface area contributed by atoms with Gasteiger partial charge in [0.05, 0.1) is 29.6 Å². The molecule has 6 nitrogen and oxygen atoms in total. The first-order valence-corrected chi connectivity index (χ1v) is 10.8. The van der Waals surface area contributed by atoms with E-state index in [1.165, 1.54) is 23.0 Å². The summed E-state index contributed by atoms with van der Waals surface area (Å²) in [6.07, 6.45) is 3.29. The van der Waals surface area contributed by atoms with Crippen molar-refractivity contribution in [1.29, 1.82) is 0 Å². The van der Waals surface area contributed by atoms with Gasteiger partial charge < -0.3 is 4.90 Å². The van der Waals surface area contributed by atoms with Crippen molar-refractivity contribution in [3.05, 3.63) is 65.2 Å². The van der Waals surface area contributed by atoms with Gasteiger partial charge in [0.2, 0.25) is 5.91 Å². The van der Waals surface area contributed by atoms with Gasteiger partial charge in [0.1, 0.15) is 11.4 Å². The monoisotopic (exact) mass is 409 g/mol. The molecular weight excluding hydrogens is 390 g/mol. The van der Waals surface area contributed by atoms with Crippen molar-refractivity contribution in [2.24, 2.45) is 0 Å². The van der Waals surface area contributed by atoms with Gasteiger partial charge in [-0.25, -0.2) is 14.6 Å². The largest absolute Gasteiger partial charge is 0.337 e. The lowest BCUT2D eigenvalue weighted by Crippen LogP contribution is -2.31. The van der Waals surface area contributed by atoms with Crippen LogP contribution < -0.4 is 0 Å². The van der Waals surface area contributed by atoms with E-state index in [9.17, 15) is 4.79 Å². The summed E-state index contributed by atoms with van der Waals surface area (Å²) in [4.78, 5) is 24.5. The van der Waals surface area contributed by atoms with Crippen LogP contribution in [0.3, 0.4) is 0 Å². The third-order valence-electron chi connectivity index (χ3n) is 4.32. The molecule has 0 radical (unpaired) electrons. The maximum atomic E-state index is 12.7. The molecule has 0 saturated carbocycles. The molecule has 4 aromatic rings. The summed E-state index contributed by atoms with van der Waals surface area (Å²) in [6, 6.07) is 13.9. The highest BCUT2D eigenvalue weighted by molar-refractivity contribution is 8.00. The Hall–Kier alpha value is -2.71. The maximum absolute atomic E-state index is 12.7. The topological polar surface area (TPSA) is 63.9 Å². The maximum Gasteiger partial charge on any atom is 0.233 e. The fourth-order valence-corrected chi connectivity index (χ4v) is 4.47. The second kappa shape index (κ2) is 8.53. The van der Waals surface area contributed by atoms with Crippen molar-refractivity contribution in [3.8, 4) is 5.69 Å². The Bertz CT molecular complexity index is 1060. The lowest BCUT2D eigenvalue weighted by atomic mass is 10.3. The van der Waals surface area contributed by atoms with Crippen molar-refractivity contribution in [2.45, 2.75) is 18.5 Å². The molecular formula is C20H19N5OS2. The number of para-hydroxylation sites is 1. The van der Waals surface area contributed by atoms with Crippen LogP contribution in [0.25, 0.3) is 16.7 Å². The van der Waals surface area contributed by atoms with E-state index in [1.807, 2.05) is 53.6 Å². The molecule has 1 aromatic carbocycles. The van der Waals surface area contributed by atoms with Crippen LogP contribution in [0.2, 0.25) is 0 Å². The summed E-state index contributed by atoms with van der Waals surface area (Å²) >= 11 is 3.10. The van der Waals surface area contributed by atoms with Gasteiger partial charge in [0, 0.05) is 11.4 Å². The van der Waals surface area contributed by atoms with Gasteiger partial charge >= 0.3 is 0 Å². The third-order valence-corrected chi connectivity index (χ3v) is 6.17. The molecule has 28 heavy (non-hydrogen) atoms. The smallest absolute Gasteiger partial charge is 0.233 e. The zero-order valence-electron chi connectivity index (χ0n) is 15.4. The Kier molecular flexibility index (Phi) is 5.68. The second-order valence-corrected chi connectivity index (χ2v) is 8.08. The van der Waals surface area contributed by atoms with E-state index in [1.54, 1.807) is 22.2 Å². The van der Waals surface area contributed by atoms with Crippen molar-refractivity contribution in [3.63, 3.8) is 0 Å². The van der Waals surface area contributed by atoms with Crippen LogP contribution in [0.1, 0.15) is 11.8 Å². The van der Waals surface area contributed by atoms with E-state index in [0.29, 0.717) is 18.8 Å². The van der Waals surface area contributed by atoms with Crippen LogP contribution in [0, 0.1) is 0 Å². The molecule has 0 saturated heterocycles. The summed E-state index contributed by atoms with van der Waals surface area (Å²) in [6.45, 7) is 3.34. The Labute approximate surface area is 171 Å². The number of fused-ring (bicyclic) bond motifs is 1. The number of amides is 1. The first kappa shape index (κ1) is 18.6. The highest BCUT2D eigenvalue weighted by atomic mass is 32.2. The highest BCUT2D eigenvalue weighted by Crippen LogP contribution is 2.26. The Morgan fingerprint density at radius 3 is 2.79 bits per heavy atom. The van der Waals surface area contributed by atoms with Crippen LogP contribution in [-0.2, 0) is 11.3 Å². The summed E-state index contributed by atoms with van der Waals surface area (Å²) in [5, 5.41) is 8.12. The fourth-order valence-electron chi connectivity index (χ4n) is 2.88. The minimum Gasteiger partial charge on any atom is -0.337 e. The van der Waals surface area contributed by atoms with Gasteiger partial charge in [-0.05, 0) is 30.5 Å². The number of hydrogen-bond acceptors (Lipinski definition) is 6.